The molecule has 0 saturated heterocycles. The van der Waals surface area contributed by atoms with Gasteiger partial charge in [0.25, 0.3) is 6.43 Å². The minimum Gasteiger partial charge on any atom is -0.392 e. The molecule has 0 bridgehead atoms. The Balaban J connectivity index is 2.05. The van der Waals surface area contributed by atoms with Crippen molar-refractivity contribution in [2.45, 2.75) is 37.8 Å². The Hall–Kier alpha value is -2.13. The topological polar surface area (TPSA) is 29.5 Å². The molecule has 9 heteroatoms. The normalized spacial score (nSPS) is 13.8. The zero-order chi connectivity index (χ0) is 20.2. The molecular weight excluding hydrogens is 381 g/mol. The molecule has 1 unspecified atom stereocenters. The molecule has 2 rings (SSSR count). The third-order valence-electron chi connectivity index (χ3n) is 3.80. The number of ether oxygens (including phenoxy) is 1. The molecular formula is C18H15F7O2. The van der Waals surface area contributed by atoms with Crippen LogP contribution in [-0.4, -0.2) is 29.7 Å². The lowest BCUT2D eigenvalue weighted by Gasteiger charge is -2.28. The van der Waals surface area contributed by atoms with Crippen LogP contribution in [0, 0.1) is 0 Å². The molecule has 27 heavy (non-hydrogen) atoms. The summed E-state index contributed by atoms with van der Waals surface area (Å²) >= 11 is 0. The molecule has 0 fully saturated rings. The average Bonchev–Trinajstić information content (AvgIpc) is 2.66. The maximum atomic E-state index is 13.3. The van der Waals surface area contributed by atoms with E-state index in [1.807, 2.05) is 0 Å². The molecule has 148 valence electrons. The fourth-order valence-electron chi connectivity index (χ4n) is 2.18. The Bertz CT molecular complexity index is 730. The van der Waals surface area contributed by atoms with Crippen molar-refractivity contribution < 1.29 is 40.6 Å². The van der Waals surface area contributed by atoms with Crippen molar-refractivity contribution in [2.24, 2.45) is 0 Å². The van der Waals surface area contributed by atoms with Crippen LogP contribution in [-0.2, 0) is 18.0 Å². The molecule has 1 N–H and O–H groups in total. The number of hydrogen-bond acceptors (Lipinski definition) is 2. The Morgan fingerprint density at radius 2 is 1.22 bits per heavy atom. The third kappa shape index (κ3) is 4.78. The molecule has 2 aromatic rings. The standard InChI is InChI=1S/C18H15F7O2/c19-15(16(20)21)17(22,23)18(24,25)27-10-12-3-7-14(8-4-12)13-5-1-11(9-26)2-6-13/h1-8,15-16,26H,9-10H2. The highest BCUT2D eigenvalue weighted by molar-refractivity contribution is 5.63. The molecule has 0 heterocycles. The van der Waals surface area contributed by atoms with Gasteiger partial charge in [0.05, 0.1) is 13.2 Å². The summed E-state index contributed by atoms with van der Waals surface area (Å²) < 4.78 is 93.5. The van der Waals surface area contributed by atoms with E-state index in [2.05, 4.69) is 4.74 Å². The Labute approximate surface area is 150 Å². The summed E-state index contributed by atoms with van der Waals surface area (Å²) in [5, 5.41) is 8.99. The van der Waals surface area contributed by atoms with Gasteiger partial charge >= 0.3 is 12.0 Å². The van der Waals surface area contributed by atoms with Crippen molar-refractivity contribution in [3.05, 3.63) is 59.7 Å². The van der Waals surface area contributed by atoms with E-state index < -0.39 is 31.2 Å². The van der Waals surface area contributed by atoms with Gasteiger partial charge in [-0.15, -0.1) is 0 Å². The lowest BCUT2D eigenvalue weighted by molar-refractivity contribution is -0.373. The van der Waals surface area contributed by atoms with Crippen molar-refractivity contribution in [3.8, 4) is 11.1 Å². The Morgan fingerprint density at radius 1 is 0.778 bits per heavy atom. The predicted octanol–water partition coefficient (Wildman–Crippen LogP) is 5.19. The molecule has 0 aliphatic carbocycles. The van der Waals surface area contributed by atoms with Crippen molar-refractivity contribution in [1.29, 1.82) is 0 Å². The van der Waals surface area contributed by atoms with Gasteiger partial charge in [0.15, 0.2) is 0 Å². The number of benzene rings is 2. The zero-order valence-electron chi connectivity index (χ0n) is 13.7. The molecule has 0 aliphatic heterocycles. The van der Waals surface area contributed by atoms with Crippen molar-refractivity contribution >= 4 is 0 Å². The summed E-state index contributed by atoms with van der Waals surface area (Å²) in [5.74, 6) is -5.67. The van der Waals surface area contributed by atoms with Gasteiger partial charge in [0.2, 0.25) is 6.17 Å². The first kappa shape index (κ1) is 21.2. The molecule has 1 atom stereocenters. The highest BCUT2D eigenvalue weighted by Gasteiger charge is 2.66. The second kappa shape index (κ2) is 8.26. The molecule has 2 aromatic carbocycles. The number of hydrogen-bond donors (Lipinski definition) is 1. The van der Waals surface area contributed by atoms with E-state index in [1.54, 1.807) is 24.3 Å². The number of alkyl halides is 7. The van der Waals surface area contributed by atoms with Gasteiger partial charge in [0.1, 0.15) is 0 Å². The summed E-state index contributed by atoms with van der Waals surface area (Å²) in [6.07, 6.45) is -14.0. The minimum absolute atomic E-state index is 0.0636. The first-order chi connectivity index (χ1) is 12.6. The smallest absolute Gasteiger partial charge is 0.392 e. The van der Waals surface area contributed by atoms with Gasteiger partial charge in [-0.3, -0.25) is 0 Å². The number of aliphatic hydroxyl groups is 1. The summed E-state index contributed by atoms with van der Waals surface area (Å²) in [6, 6.07) is 12.5. The molecule has 0 aliphatic rings. The molecule has 0 aromatic heterocycles. The highest BCUT2D eigenvalue weighted by atomic mass is 19.3. The van der Waals surface area contributed by atoms with Crippen LogP contribution in [0.4, 0.5) is 30.7 Å². The van der Waals surface area contributed by atoms with Crippen molar-refractivity contribution in [3.63, 3.8) is 0 Å². The largest absolute Gasteiger partial charge is 0.423 e. The monoisotopic (exact) mass is 396 g/mol. The number of aliphatic hydroxyl groups excluding tert-OH is 1. The van der Waals surface area contributed by atoms with Crippen LogP contribution in [0.25, 0.3) is 11.1 Å². The third-order valence-corrected chi connectivity index (χ3v) is 3.80. The van der Waals surface area contributed by atoms with Crippen LogP contribution in [0.5, 0.6) is 0 Å². The van der Waals surface area contributed by atoms with Crippen LogP contribution in [0.2, 0.25) is 0 Å². The van der Waals surface area contributed by atoms with E-state index in [0.29, 0.717) is 11.1 Å². The molecule has 0 spiro atoms. The summed E-state index contributed by atoms with van der Waals surface area (Å²) in [5.41, 5.74) is 2.20. The van der Waals surface area contributed by atoms with E-state index in [-0.39, 0.29) is 12.2 Å². The second-order valence-corrected chi connectivity index (χ2v) is 5.72. The van der Waals surface area contributed by atoms with Crippen LogP contribution in [0.15, 0.2) is 48.5 Å². The van der Waals surface area contributed by atoms with Crippen molar-refractivity contribution in [1.82, 2.24) is 0 Å². The van der Waals surface area contributed by atoms with Gasteiger partial charge in [-0.1, -0.05) is 48.5 Å². The second-order valence-electron chi connectivity index (χ2n) is 5.72. The van der Waals surface area contributed by atoms with E-state index in [4.69, 9.17) is 5.11 Å². The maximum absolute atomic E-state index is 13.3. The molecule has 0 amide bonds. The van der Waals surface area contributed by atoms with E-state index in [1.165, 1.54) is 24.3 Å². The molecule has 0 radical (unpaired) electrons. The van der Waals surface area contributed by atoms with E-state index in [0.717, 1.165) is 5.56 Å². The van der Waals surface area contributed by atoms with Crippen molar-refractivity contribution in [2.75, 3.05) is 0 Å². The number of halogens is 7. The highest BCUT2D eigenvalue weighted by Crippen LogP contribution is 2.41. The maximum Gasteiger partial charge on any atom is 0.423 e. The summed E-state index contributed by atoms with van der Waals surface area (Å²) in [6.45, 7) is -1.15. The van der Waals surface area contributed by atoms with Crippen LogP contribution < -0.4 is 0 Å². The van der Waals surface area contributed by atoms with Crippen LogP contribution in [0.1, 0.15) is 11.1 Å². The Morgan fingerprint density at radius 3 is 1.63 bits per heavy atom. The Kier molecular flexibility index (Phi) is 6.48. The quantitative estimate of drug-likeness (QED) is 0.622. The molecule has 0 saturated carbocycles. The fraction of sp³-hybridized carbons (Fsp3) is 0.333. The number of rotatable bonds is 8. The van der Waals surface area contributed by atoms with Gasteiger partial charge in [0, 0.05) is 0 Å². The minimum atomic E-state index is -5.67. The SMILES string of the molecule is OCc1ccc(-c2ccc(COC(F)(F)C(F)(F)C(F)C(F)F)cc2)cc1. The van der Waals surface area contributed by atoms with Crippen LogP contribution >= 0.6 is 0 Å². The first-order valence-corrected chi connectivity index (χ1v) is 7.69. The van der Waals surface area contributed by atoms with E-state index >= 15 is 0 Å². The fourth-order valence-corrected chi connectivity index (χ4v) is 2.18. The lowest BCUT2D eigenvalue weighted by atomic mass is 10.0. The van der Waals surface area contributed by atoms with Gasteiger partial charge in [-0.05, 0) is 22.3 Å². The summed E-state index contributed by atoms with van der Waals surface area (Å²) in [4.78, 5) is 0. The summed E-state index contributed by atoms with van der Waals surface area (Å²) in [7, 11) is 0. The predicted molar refractivity (Wildman–Crippen MR) is 83.4 cm³/mol. The van der Waals surface area contributed by atoms with E-state index in [9.17, 15) is 30.7 Å². The van der Waals surface area contributed by atoms with Gasteiger partial charge in [-0.2, -0.15) is 17.6 Å². The zero-order valence-corrected chi connectivity index (χ0v) is 13.7. The van der Waals surface area contributed by atoms with Crippen LogP contribution in [0.3, 0.4) is 0 Å². The molecule has 2 nitrogen and oxygen atoms in total. The lowest BCUT2D eigenvalue weighted by Crippen LogP contribution is -2.52. The van der Waals surface area contributed by atoms with Gasteiger partial charge in [-0.25, -0.2) is 13.2 Å². The average molecular weight is 396 g/mol. The first-order valence-electron chi connectivity index (χ1n) is 7.69. The van der Waals surface area contributed by atoms with Gasteiger partial charge < -0.3 is 9.84 Å².